The number of carbonyl (C=O) groups excluding carboxylic acids is 1. The zero-order valence-corrected chi connectivity index (χ0v) is 14.1. The van der Waals surface area contributed by atoms with Gasteiger partial charge in [0.25, 0.3) is 5.91 Å². The third-order valence-electron chi connectivity index (χ3n) is 5.16. The van der Waals surface area contributed by atoms with Gasteiger partial charge in [-0.3, -0.25) is 9.79 Å². The van der Waals surface area contributed by atoms with Crippen LogP contribution in [0.2, 0.25) is 0 Å². The molecule has 1 fully saturated rings. The minimum absolute atomic E-state index is 0.0244. The van der Waals surface area contributed by atoms with E-state index in [9.17, 15) is 4.79 Å². The fourth-order valence-electron chi connectivity index (χ4n) is 4.00. The zero-order valence-electron chi connectivity index (χ0n) is 14.1. The van der Waals surface area contributed by atoms with E-state index in [-0.39, 0.29) is 12.5 Å². The summed E-state index contributed by atoms with van der Waals surface area (Å²) in [6, 6.07) is 6.06. The number of rotatable bonds is 5. The lowest BCUT2D eigenvalue weighted by atomic mass is 10.0. The van der Waals surface area contributed by atoms with Crippen LogP contribution in [0, 0.1) is 11.8 Å². The number of fused-ring (bicyclic) bond motifs is 3. The summed E-state index contributed by atoms with van der Waals surface area (Å²) in [6.07, 6.45) is 5.13. The molecule has 3 atom stereocenters. The van der Waals surface area contributed by atoms with Gasteiger partial charge in [0, 0.05) is 61.0 Å². The third kappa shape index (κ3) is 2.44. The molecule has 1 amide bonds. The Balaban J connectivity index is 1.63. The number of hydrogen-bond acceptors (Lipinski definition) is 4. The van der Waals surface area contributed by atoms with Crippen molar-refractivity contribution in [3.8, 4) is 5.75 Å². The Morgan fingerprint density at radius 3 is 3.00 bits per heavy atom. The minimum atomic E-state index is -0.0244. The van der Waals surface area contributed by atoms with Gasteiger partial charge in [0.1, 0.15) is 12.4 Å². The summed E-state index contributed by atoms with van der Waals surface area (Å²) in [5.41, 5.74) is 3.33. The number of methoxy groups -OCH3 is 1. The average molecular weight is 326 g/mol. The largest absolute Gasteiger partial charge is 0.493 e. The van der Waals surface area contributed by atoms with Gasteiger partial charge in [0.15, 0.2) is 0 Å². The van der Waals surface area contributed by atoms with E-state index in [4.69, 9.17) is 9.47 Å². The normalized spacial score (nSPS) is 26.2. The van der Waals surface area contributed by atoms with Crippen molar-refractivity contribution in [2.24, 2.45) is 16.8 Å². The first-order valence-corrected chi connectivity index (χ1v) is 8.53. The molecule has 5 nitrogen and oxygen atoms in total. The highest BCUT2D eigenvalue weighted by molar-refractivity contribution is 5.94. The van der Waals surface area contributed by atoms with Gasteiger partial charge in [-0.25, -0.2) is 0 Å². The molecule has 0 aromatic heterocycles. The summed E-state index contributed by atoms with van der Waals surface area (Å²) < 4.78 is 10.9. The number of anilines is 1. The van der Waals surface area contributed by atoms with Crippen LogP contribution in [0.5, 0.6) is 5.75 Å². The molecule has 0 spiro atoms. The SMILES string of the molecule is CCN(C(=O)COC)c1ccc2c(c1)[C@@H]1[C@H](CO2)[C@H]1C1=CCC=N1. The molecule has 0 saturated heterocycles. The molecule has 126 valence electrons. The first kappa shape index (κ1) is 15.4. The number of likely N-dealkylation sites (N-methyl/N-ethyl adjacent to an activating group) is 1. The quantitative estimate of drug-likeness (QED) is 0.836. The smallest absolute Gasteiger partial charge is 0.252 e. The fourth-order valence-corrected chi connectivity index (χ4v) is 4.00. The maximum Gasteiger partial charge on any atom is 0.252 e. The van der Waals surface area contributed by atoms with Crippen molar-refractivity contribution in [3.05, 3.63) is 35.5 Å². The first-order chi connectivity index (χ1) is 11.7. The van der Waals surface area contributed by atoms with Gasteiger partial charge in [-0.05, 0) is 25.1 Å². The Morgan fingerprint density at radius 2 is 2.29 bits per heavy atom. The van der Waals surface area contributed by atoms with Gasteiger partial charge in [-0.2, -0.15) is 0 Å². The van der Waals surface area contributed by atoms with Crippen molar-refractivity contribution in [3.63, 3.8) is 0 Å². The van der Waals surface area contributed by atoms with Gasteiger partial charge in [-0.1, -0.05) is 6.08 Å². The summed E-state index contributed by atoms with van der Waals surface area (Å²) in [5, 5.41) is 0. The number of ether oxygens (including phenoxy) is 2. The lowest BCUT2D eigenvalue weighted by molar-refractivity contribution is -0.122. The maximum absolute atomic E-state index is 12.2. The van der Waals surface area contributed by atoms with E-state index >= 15 is 0 Å². The van der Waals surface area contributed by atoms with Crippen LogP contribution in [0.3, 0.4) is 0 Å². The van der Waals surface area contributed by atoms with Crippen LogP contribution in [0.4, 0.5) is 5.69 Å². The molecule has 0 N–H and O–H groups in total. The molecule has 4 rings (SSSR count). The van der Waals surface area contributed by atoms with E-state index in [1.54, 1.807) is 12.0 Å². The highest BCUT2D eigenvalue weighted by Gasteiger charge is 2.56. The van der Waals surface area contributed by atoms with Crippen molar-refractivity contribution >= 4 is 17.8 Å². The van der Waals surface area contributed by atoms with Crippen molar-refractivity contribution in [1.29, 1.82) is 0 Å². The number of allylic oxidation sites excluding steroid dienone is 2. The minimum Gasteiger partial charge on any atom is -0.493 e. The molecule has 1 aliphatic carbocycles. The van der Waals surface area contributed by atoms with E-state index < -0.39 is 0 Å². The van der Waals surface area contributed by atoms with E-state index in [1.807, 2.05) is 25.3 Å². The Bertz CT molecular complexity index is 725. The summed E-state index contributed by atoms with van der Waals surface area (Å²) in [6.45, 7) is 3.45. The summed E-state index contributed by atoms with van der Waals surface area (Å²) >= 11 is 0. The molecule has 2 heterocycles. The number of amides is 1. The number of carbonyl (C=O) groups is 1. The molecule has 3 aliphatic rings. The standard InChI is InChI=1S/C19H22N2O3/c1-3-21(17(22)11-23-2)12-6-7-16-13(9-12)18-14(10-24-16)19(18)15-5-4-8-20-15/h5-9,14,18-19H,3-4,10-11H2,1-2H3/t14-,18+,19-/m0/s1. The molecule has 0 unspecified atom stereocenters. The van der Waals surface area contributed by atoms with Crippen molar-refractivity contribution in [2.75, 3.05) is 31.8 Å². The van der Waals surface area contributed by atoms with Crippen LogP contribution in [-0.4, -0.2) is 39.0 Å². The third-order valence-corrected chi connectivity index (χ3v) is 5.16. The van der Waals surface area contributed by atoms with E-state index in [2.05, 4.69) is 17.1 Å². The van der Waals surface area contributed by atoms with E-state index in [0.29, 0.717) is 24.3 Å². The molecule has 5 heteroatoms. The topological polar surface area (TPSA) is 51.1 Å². The van der Waals surface area contributed by atoms with Crippen LogP contribution in [0.1, 0.15) is 24.8 Å². The molecular formula is C19H22N2O3. The molecular weight excluding hydrogens is 304 g/mol. The second kappa shape index (κ2) is 6.06. The monoisotopic (exact) mass is 326 g/mol. The van der Waals surface area contributed by atoms with Gasteiger partial charge in [0.2, 0.25) is 0 Å². The van der Waals surface area contributed by atoms with Crippen molar-refractivity contribution < 1.29 is 14.3 Å². The van der Waals surface area contributed by atoms with Gasteiger partial charge in [0.05, 0.1) is 6.61 Å². The molecule has 1 aromatic carbocycles. The van der Waals surface area contributed by atoms with Crippen LogP contribution < -0.4 is 9.64 Å². The number of nitrogens with zero attached hydrogens (tertiary/aromatic N) is 2. The number of hydrogen-bond donors (Lipinski definition) is 0. The predicted molar refractivity (Wildman–Crippen MR) is 92.8 cm³/mol. The van der Waals surface area contributed by atoms with Gasteiger partial charge >= 0.3 is 0 Å². The summed E-state index contributed by atoms with van der Waals surface area (Å²) in [7, 11) is 1.54. The lowest BCUT2D eigenvalue weighted by Crippen LogP contribution is -2.33. The van der Waals surface area contributed by atoms with Crippen molar-refractivity contribution in [2.45, 2.75) is 19.3 Å². The second-order valence-electron chi connectivity index (χ2n) is 6.50. The van der Waals surface area contributed by atoms with E-state index in [0.717, 1.165) is 24.5 Å². The maximum atomic E-state index is 12.2. The van der Waals surface area contributed by atoms with Crippen LogP contribution >= 0.6 is 0 Å². The molecule has 1 aromatic rings. The molecule has 24 heavy (non-hydrogen) atoms. The number of aliphatic imine (C=N–C) groups is 1. The molecule has 1 saturated carbocycles. The van der Waals surface area contributed by atoms with Crippen LogP contribution in [0.25, 0.3) is 0 Å². The second-order valence-corrected chi connectivity index (χ2v) is 6.50. The van der Waals surface area contributed by atoms with Crippen molar-refractivity contribution in [1.82, 2.24) is 0 Å². The fraction of sp³-hybridized carbons (Fsp3) is 0.474. The highest BCUT2D eigenvalue weighted by Crippen LogP contribution is 2.62. The Labute approximate surface area is 142 Å². The highest BCUT2D eigenvalue weighted by atomic mass is 16.5. The number of benzene rings is 1. The molecule has 2 aliphatic heterocycles. The summed E-state index contributed by atoms with van der Waals surface area (Å²) in [4.78, 5) is 18.5. The average Bonchev–Trinajstić information content (AvgIpc) is 3.08. The first-order valence-electron chi connectivity index (χ1n) is 8.53. The van der Waals surface area contributed by atoms with Crippen LogP contribution in [-0.2, 0) is 9.53 Å². The van der Waals surface area contributed by atoms with E-state index in [1.165, 1.54) is 11.3 Å². The Hall–Kier alpha value is -2.14. The molecule has 0 radical (unpaired) electrons. The molecule has 0 bridgehead atoms. The predicted octanol–water partition coefficient (Wildman–Crippen LogP) is 2.77. The van der Waals surface area contributed by atoms with Gasteiger partial charge < -0.3 is 14.4 Å². The van der Waals surface area contributed by atoms with Gasteiger partial charge in [-0.15, -0.1) is 0 Å². The summed E-state index contributed by atoms with van der Waals surface area (Å²) in [5.74, 6) is 2.36. The Morgan fingerprint density at radius 1 is 1.42 bits per heavy atom. The van der Waals surface area contributed by atoms with Crippen LogP contribution in [0.15, 0.2) is 35.0 Å². The lowest BCUT2D eigenvalue weighted by Gasteiger charge is -2.24. The Kier molecular flexibility index (Phi) is 3.88. The zero-order chi connectivity index (χ0) is 16.7.